The van der Waals surface area contributed by atoms with Gasteiger partial charge in [-0.25, -0.2) is 0 Å². The summed E-state index contributed by atoms with van der Waals surface area (Å²) >= 11 is -10.3. The van der Waals surface area contributed by atoms with Crippen LogP contribution in [0.4, 0.5) is 0 Å². The summed E-state index contributed by atoms with van der Waals surface area (Å²) < 4.78 is 33.6. The van der Waals surface area contributed by atoms with Crippen molar-refractivity contribution >= 4 is 75.1 Å². The standard InChI is InChI=1S/2C8H17.3C5H6O4.2Sn/c2*1-3-5-7-8-6-4-2;3*1-3(5(8)9)2-4(6)7;;/h2*1,3-8H2,2H3;3*2H,1H3,(H,6,7)(H,8,9);;/q;;;;;2*+3/p-6/b;;3-2-;;;;. The van der Waals surface area contributed by atoms with Crippen LogP contribution in [0.3, 0.4) is 0 Å². The van der Waals surface area contributed by atoms with Crippen LogP contribution in [-0.4, -0.2) is 75.1 Å². The molecule has 0 spiro atoms. The van der Waals surface area contributed by atoms with Gasteiger partial charge >= 0.3 is 278 Å². The van der Waals surface area contributed by atoms with E-state index in [2.05, 4.69) is 13.8 Å². The Bertz CT molecular complexity index is 1210. The molecular formula is C31H46O12Sn2. The molecule has 0 radical (unpaired) electrons. The van der Waals surface area contributed by atoms with Crippen LogP contribution in [0.5, 0.6) is 0 Å². The zero-order valence-corrected chi connectivity index (χ0v) is 32.7. The van der Waals surface area contributed by atoms with E-state index in [1.807, 2.05) is 0 Å². The molecule has 45 heavy (non-hydrogen) atoms. The Labute approximate surface area is 276 Å². The molecule has 2 unspecified atom stereocenters. The van der Waals surface area contributed by atoms with E-state index < -0.39 is 75.1 Å². The van der Waals surface area contributed by atoms with Gasteiger partial charge in [0.1, 0.15) is 0 Å². The fraction of sp³-hybridized carbons (Fsp3) is 0.613. The fourth-order valence-electron chi connectivity index (χ4n) is 4.60. The Balaban J connectivity index is 2.20. The molecule has 0 amide bonds. The van der Waals surface area contributed by atoms with E-state index in [1.165, 1.54) is 20.8 Å². The topological polar surface area (TPSA) is 158 Å². The summed E-state index contributed by atoms with van der Waals surface area (Å²) in [5.41, 5.74) is -0.191. The SMILES string of the molecule is CCCCCCC[CH2][Sn]1([O]C(=O)/C=C(/C)C(=O)[O][Sn]2([CH2]CCCCCCC)[O]C(=O)C=C(C)C(=O)[O]2)[O]C(=O)C=C(C)C(=O)[O]1. The van der Waals surface area contributed by atoms with Gasteiger partial charge in [-0.15, -0.1) is 0 Å². The van der Waals surface area contributed by atoms with E-state index >= 15 is 0 Å². The van der Waals surface area contributed by atoms with Crippen molar-refractivity contribution in [1.82, 2.24) is 0 Å². The van der Waals surface area contributed by atoms with Crippen LogP contribution in [0.2, 0.25) is 8.87 Å². The first kappa shape index (κ1) is 38.8. The second-order valence-corrected chi connectivity index (χ2v) is 25.5. The van der Waals surface area contributed by atoms with Crippen LogP contribution in [0, 0.1) is 0 Å². The zero-order valence-electron chi connectivity index (χ0n) is 27.0. The van der Waals surface area contributed by atoms with Crippen molar-refractivity contribution in [3.05, 3.63) is 34.9 Å². The number of hydrogen-bond acceptors (Lipinski definition) is 12. The molecule has 0 aliphatic carbocycles. The van der Waals surface area contributed by atoms with Gasteiger partial charge in [0.25, 0.3) is 0 Å². The third-order valence-corrected chi connectivity index (χ3v) is 21.3. The molecule has 250 valence electrons. The van der Waals surface area contributed by atoms with E-state index in [1.54, 1.807) is 0 Å². The average Bonchev–Trinajstić information content (AvgIpc) is 3.13. The molecule has 0 aromatic carbocycles. The Hall–Kier alpha value is -2.36. The molecule has 0 bridgehead atoms. The molecule has 0 N–H and O–H groups in total. The summed E-state index contributed by atoms with van der Waals surface area (Å²) in [7, 11) is 0. The van der Waals surface area contributed by atoms with Gasteiger partial charge in [-0.1, -0.05) is 0 Å². The van der Waals surface area contributed by atoms with E-state index in [0.717, 1.165) is 82.4 Å². The summed E-state index contributed by atoms with van der Waals surface area (Å²) in [6, 6.07) is 0. The predicted octanol–water partition coefficient (Wildman–Crippen LogP) is 5.71. The number of carbonyl (C=O) groups is 6. The second-order valence-electron chi connectivity index (χ2n) is 11.3. The van der Waals surface area contributed by atoms with Gasteiger partial charge < -0.3 is 0 Å². The van der Waals surface area contributed by atoms with Gasteiger partial charge in [0.15, 0.2) is 0 Å². The molecule has 12 nitrogen and oxygen atoms in total. The summed E-state index contributed by atoms with van der Waals surface area (Å²) in [6.45, 7) is 8.28. The maximum absolute atomic E-state index is 13.2. The average molecular weight is 848 g/mol. The number of unbranched alkanes of at least 4 members (excludes halogenated alkanes) is 10. The van der Waals surface area contributed by atoms with Crippen LogP contribution in [0.15, 0.2) is 34.9 Å². The van der Waals surface area contributed by atoms with Gasteiger partial charge in [0.05, 0.1) is 0 Å². The molecule has 2 heterocycles. The summed E-state index contributed by atoms with van der Waals surface area (Å²) in [4.78, 5) is 76.2. The van der Waals surface area contributed by atoms with Gasteiger partial charge in [-0.3, -0.25) is 0 Å². The van der Waals surface area contributed by atoms with Crippen molar-refractivity contribution in [2.24, 2.45) is 0 Å². The molecule has 0 saturated carbocycles. The quantitative estimate of drug-likeness (QED) is 0.0942. The van der Waals surface area contributed by atoms with Crippen molar-refractivity contribution in [3.63, 3.8) is 0 Å². The Morgan fingerprint density at radius 1 is 0.644 bits per heavy atom. The van der Waals surface area contributed by atoms with Crippen molar-refractivity contribution in [2.45, 2.75) is 121 Å². The van der Waals surface area contributed by atoms with Crippen molar-refractivity contribution < 1.29 is 47.2 Å². The van der Waals surface area contributed by atoms with Crippen molar-refractivity contribution in [1.29, 1.82) is 0 Å². The molecular weight excluding hydrogens is 802 g/mol. The van der Waals surface area contributed by atoms with E-state index in [9.17, 15) is 28.8 Å². The molecule has 0 saturated heterocycles. The Morgan fingerprint density at radius 2 is 1.04 bits per heavy atom. The molecule has 14 heteroatoms. The first-order valence-corrected chi connectivity index (χ1v) is 26.8. The molecule has 0 fully saturated rings. The second kappa shape index (κ2) is 19.3. The van der Waals surface area contributed by atoms with Gasteiger partial charge in [0.2, 0.25) is 0 Å². The molecule has 2 atom stereocenters. The Morgan fingerprint density at radius 3 is 1.49 bits per heavy atom. The van der Waals surface area contributed by atoms with Crippen molar-refractivity contribution in [2.75, 3.05) is 0 Å². The number of rotatable bonds is 18. The minimum absolute atomic E-state index is 0.0215. The normalized spacial score (nSPS) is 22.1. The maximum atomic E-state index is 13.2. The number of carbonyl (C=O) groups excluding carboxylic acids is 6. The molecule has 2 aliphatic heterocycles. The third kappa shape index (κ3) is 13.5. The van der Waals surface area contributed by atoms with Gasteiger partial charge in [-0.05, 0) is 0 Å². The summed E-state index contributed by atoms with van der Waals surface area (Å²) in [6.07, 6.45) is 13.6. The fourth-order valence-corrected chi connectivity index (χ4v) is 17.9. The first-order valence-electron chi connectivity index (χ1n) is 15.8. The monoisotopic (exact) mass is 850 g/mol. The van der Waals surface area contributed by atoms with Gasteiger partial charge in [0, 0.05) is 0 Å². The van der Waals surface area contributed by atoms with Crippen LogP contribution in [0.25, 0.3) is 0 Å². The van der Waals surface area contributed by atoms with Crippen LogP contribution >= 0.6 is 0 Å². The number of hydrogen-bond donors (Lipinski definition) is 0. The van der Waals surface area contributed by atoms with E-state index in [0.29, 0.717) is 12.8 Å². The minimum atomic E-state index is -5.15. The van der Waals surface area contributed by atoms with E-state index in [4.69, 9.17) is 18.4 Å². The molecule has 2 aliphatic rings. The first-order chi connectivity index (χ1) is 21.3. The van der Waals surface area contributed by atoms with Crippen LogP contribution < -0.4 is 0 Å². The van der Waals surface area contributed by atoms with E-state index in [-0.39, 0.29) is 25.6 Å². The zero-order chi connectivity index (χ0) is 33.5. The van der Waals surface area contributed by atoms with Crippen LogP contribution in [0.1, 0.15) is 112 Å². The predicted molar refractivity (Wildman–Crippen MR) is 166 cm³/mol. The van der Waals surface area contributed by atoms with Gasteiger partial charge in [-0.2, -0.15) is 0 Å². The van der Waals surface area contributed by atoms with Crippen molar-refractivity contribution in [3.8, 4) is 0 Å². The molecule has 2 rings (SSSR count). The summed E-state index contributed by atoms with van der Waals surface area (Å²) in [5, 5.41) is 0. The third-order valence-electron chi connectivity index (χ3n) is 7.15. The molecule has 0 aromatic rings. The van der Waals surface area contributed by atoms with Crippen LogP contribution in [-0.2, 0) is 47.2 Å². The summed E-state index contributed by atoms with van der Waals surface area (Å²) in [5.74, 6) is -5.36. The molecule has 0 aromatic heterocycles. The Kier molecular flexibility index (Phi) is 16.7.